The van der Waals surface area contributed by atoms with E-state index in [-0.39, 0.29) is 11.0 Å². The van der Waals surface area contributed by atoms with Gasteiger partial charge >= 0.3 is 0 Å². The fourth-order valence-electron chi connectivity index (χ4n) is 2.59. The third-order valence-electron chi connectivity index (χ3n) is 3.66. The number of nitrogens with zero attached hydrogens (tertiary/aromatic N) is 1. The summed E-state index contributed by atoms with van der Waals surface area (Å²) in [6.07, 6.45) is 4.93. The Kier molecular flexibility index (Phi) is 4.97. The van der Waals surface area contributed by atoms with E-state index >= 15 is 0 Å². The number of hydrogen-bond acceptors (Lipinski definition) is 5. The van der Waals surface area contributed by atoms with Gasteiger partial charge in [0, 0.05) is 11.4 Å². The topological polar surface area (TPSA) is 59.1 Å². The first kappa shape index (κ1) is 14.9. The lowest BCUT2D eigenvalue weighted by Crippen LogP contribution is -2.25. The highest BCUT2D eigenvalue weighted by Crippen LogP contribution is 2.28. The number of sulfone groups is 1. The molecule has 0 aliphatic heterocycles. The Morgan fingerprint density at radius 3 is 2.63 bits per heavy atom. The van der Waals surface area contributed by atoms with Crippen LogP contribution in [0.25, 0.3) is 0 Å². The van der Waals surface area contributed by atoms with Gasteiger partial charge in [-0.05, 0) is 26.8 Å². The lowest BCUT2D eigenvalue weighted by Gasteiger charge is -2.21. The molecule has 0 aromatic carbocycles. The van der Waals surface area contributed by atoms with E-state index < -0.39 is 9.84 Å². The minimum atomic E-state index is -3.03. The van der Waals surface area contributed by atoms with Crippen LogP contribution in [-0.2, 0) is 22.1 Å². The second-order valence-electron chi connectivity index (χ2n) is 5.21. The molecule has 0 atom stereocenters. The molecule has 1 aliphatic rings. The Balaban J connectivity index is 2.08. The van der Waals surface area contributed by atoms with E-state index in [0.29, 0.717) is 0 Å². The van der Waals surface area contributed by atoms with Crippen molar-refractivity contribution in [3.05, 3.63) is 15.6 Å². The molecule has 1 fully saturated rings. The number of rotatable bonds is 5. The fourth-order valence-corrected chi connectivity index (χ4v) is 5.89. The zero-order valence-corrected chi connectivity index (χ0v) is 13.2. The molecule has 1 N–H and O–H groups in total. The SMILES string of the molecule is CNCc1sc(CS(=O)(=O)C2CCCCC2)nc1C. The Labute approximate surface area is 119 Å². The molecule has 1 heterocycles. The minimum Gasteiger partial charge on any atom is -0.315 e. The average Bonchev–Trinajstić information content (AvgIpc) is 2.70. The molecule has 1 saturated carbocycles. The number of aryl methyl sites for hydroxylation is 1. The summed E-state index contributed by atoms with van der Waals surface area (Å²) >= 11 is 1.52. The number of hydrogen-bond donors (Lipinski definition) is 1. The van der Waals surface area contributed by atoms with Gasteiger partial charge in [0.05, 0.1) is 10.9 Å². The molecule has 4 nitrogen and oxygen atoms in total. The third-order valence-corrected chi connectivity index (χ3v) is 7.16. The van der Waals surface area contributed by atoms with Gasteiger partial charge in [-0.3, -0.25) is 0 Å². The van der Waals surface area contributed by atoms with Gasteiger partial charge in [0.25, 0.3) is 0 Å². The maximum Gasteiger partial charge on any atom is 0.159 e. The minimum absolute atomic E-state index is 0.118. The normalized spacial score (nSPS) is 17.8. The molecule has 0 bridgehead atoms. The molecular formula is C13H22N2O2S2. The van der Waals surface area contributed by atoms with Crippen molar-refractivity contribution in [3.8, 4) is 0 Å². The first-order chi connectivity index (χ1) is 9.03. The Morgan fingerprint density at radius 1 is 1.32 bits per heavy atom. The van der Waals surface area contributed by atoms with Crippen LogP contribution in [-0.4, -0.2) is 25.7 Å². The van der Waals surface area contributed by atoms with Gasteiger partial charge in [-0.25, -0.2) is 13.4 Å². The molecule has 1 aromatic heterocycles. The smallest absolute Gasteiger partial charge is 0.159 e. The van der Waals surface area contributed by atoms with Crippen molar-refractivity contribution in [3.63, 3.8) is 0 Å². The summed E-state index contributed by atoms with van der Waals surface area (Å²) in [5, 5.41) is 3.69. The Hall–Kier alpha value is -0.460. The predicted molar refractivity (Wildman–Crippen MR) is 79.1 cm³/mol. The van der Waals surface area contributed by atoms with E-state index in [2.05, 4.69) is 10.3 Å². The predicted octanol–water partition coefficient (Wildman–Crippen LogP) is 2.42. The van der Waals surface area contributed by atoms with Crippen LogP contribution in [0, 0.1) is 6.92 Å². The standard InChI is InChI=1S/C13H22N2O2S2/c1-10-12(8-14-2)18-13(15-10)9-19(16,17)11-6-4-3-5-7-11/h11,14H,3-9H2,1-2H3. The van der Waals surface area contributed by atoms with Crippen LogP contribution in [0.2, 0.25) is 0 Å². The number of nitrogens with one attached hydrogen (secondary N) is 1. The maximum atomic E-state index is 12.4. The summed E-state index contributed by atoms with van der Waals surface area (Å²) in [4.78, 5) is 5.54. The quantitative estimate of drug-likeness (QED) is 0.907. The zero-order chi connectivity index (χ0) is 13.9. The van der Waals surface area contributed by atoms with E-state index in [1.807, 2.05) is 14.0 Å². The Morgan fingerprint density at radius 2 is 2.00 bits per heavy atom. The first-order valence-electron chi connectivity index (χ1n) is 6.84. The molecule has 19 heavy (non-hydrogen) atoms. The second-order valence-corrected chi connectivity index (χ2v) is 8.66. The molecule has 0 radical (unpaired) electrons. The van der Waals surface area contributed by atoms with Crippen molar-refractivity contribution in [1.29, 1.82) is 0 Å². The lowest BCUT2D eigenvalue weighted by atomic mass is 10.0. The van der Waals surface area contributed by atoms with E-state index in [9.17, 15) is 8.42 Å². The Bertz CT molecular complexity index is 517. The highest BCUT2D eigenvalue weighted by atomic mass is 32.2. The molecule has 6 heteroatoms. The summed E-state index contributed by atoms with van der Waals surface area (Å²) in [5.74, 6) is 0.118. The van der Waals surface area contributed by atoms with E-state index in [0.717, 1.165) is 47.8 Å². The van der Waals surface area contributed by atoms with Crippen LogP contribution in [0.5, 0.6) is 0 Å². The average molecular weight is 302 g/mol. The van der Waals surface area contributed by atoms with Crippen molar-refractivity contribution >= 4 is 21.2 Å². The molecule has 0 saturated heterocycles. The van der Waals surface area contributed by atoms with Gasteiger partial charge in [-0.2, -0.15) is 0 Å². The van der Waals surface area contributed by atoms with Crippen molar-refractivity contribution in [2.75, 3.05) is 7.05 Å². The van der Waals surface area contributed by atoms with Gasteiger partial charge in [-0.15, -0.1) is 11.3 Å². The van der Waals surface area contributed by atoms with E-state index in [4.69, 9.17) is 0 Å². The lowest BCUT2D eigenvalue weighted by molar-refractivity contribution is 0.483. The molecule has 0 unspecified atom stereocenters. The van der Waals surface area contributed by atoms with Crippen LogP contribution in [0.1, 0.15) is 47.7 Å². The summed E-state index contributed by atoms with van der Waals surface area (Å²) < 4.78 is 24.8. The van der Waals surface area contributed by atoms with Crippen LogP contribution >= 0.6 is 11.3 Å². The molecule has 0 spiro atoms. The van der Waals surface area contributed by atoms with Crippen molar-refractivity contribution in [1.82, 2.24) is 10.3 Å². The summed E-state index contributed by atoms with van der Waals surface area (Å²) in [7, 11) is -1.14. The van der Waals surface area contributed by atoms with Crippen LogP contribution in [0.4, 0.5) is 0 Å². The highest BCUT2D eigenvalue weighted by Gasteiger charge is 2.28. The van der Waals surface area contributed by atoms with Crippen molar-refractivity contribution < 1.29 is 8.42 Å². The molecular weight excluding hydrogens is 280 g/mol. The summed E-state index contributed by atoms with van der Waals surface area (Å²) in [5.41, 5.74) is 0.952. The monoisotopic (exact) mass is 302 g/mol. The van der Waals surface area contributed by atoms with Crippen molar-refractivity contribution in [2.24, 2.45) is 0 Å². The van der Waals surface area contributed by atoms with E-state index in [1.54, 1.807) is 0 Å². The van der Waals surface area contributed by atoms with Gasteiger partial charge in [0.2, 0.25) is 0 Å². The van der Waals surface area contributed by atoms with Crippen molar-refractivity contribution in [2.45, 2.75) is 56.6 Å². The third kappa shape index (κ3) is 3.77. The maximum absolute atomic E-state index is 12.4. The molecule has 108 valence electrons. The van der Waals surface area contributed by atoms with Gasteiger partial charge < -0.3 is 5.32 Å². The molecule has 0 amide bonds. The van der Waals surface area contributed by atoms with Crippen LogP contribution in [0.15, 0.2) is 0 Å². The number of thiazole rings is 1. The van der Waals surface area contributed by atoms with Gasteiger partial charge in [0.15, 0.2) is 9.84 Å². The van der Waals surface area contributed by atoms with Crippen LogP contribution < -0.4 is 5.32 Å². The van der Waals surface area contributed by atoms with Gasteiger partial charge in [-0.1, -0.05) is 19.3 Å². The van der Waals surface area contributed by atoms with Crippen LogP contribution in [0.3, 0.4) is 0 Å². The molecule has 1 aromatic rings. The second kappa shape index (κ2) is 6.33. The number of aromatic nitrogens is 1. The van der Waals surface area contributed by atoms with E-state index in [1.165, 1.54) is 17.8 Å². The molecule has 2 rings (SSSR count). The van der Waals surface area contributed by atoms with Gasteiger partial charge in [0.1, 0.15) is 10.8 Å². The highest BCUT2D eigenvalue weighted by molar-refractivity contribution is 7.91. The first-order valence-corrected chi connectivity index (χ1v) is 9.37. The summed E-state index contributed by atoms with van der Waals surface area (Å²) in [6.45, 7) is 2.70. The largest absolute Gasteiger partial charge is 0.315 e. The fraction of sp³-hybridized carbons (Fsp3) is 0.769. The zero-order valence-electron chi connectivity index (χ0n) is 11.6. The molecule has 1 aliphatic carbocycles. The summed E-state index contributed by atoms with van der Waals surface area (Å²) in [6, 6.07) is 0.